The van der Waals surface area contributed by atoms with E-state index in [4.69, 9.17) is 18.5 Å². The van der Waals surface area contributed by atoms with Gasteiger partial charge in [0.2, 0.25) is 0 Å². The van der Waals surface area contributed by atoms with Crippen LogP contribution in [0.5, 0.6) is 0 Å². The highest BCUT2D eigenvalue weighted by Crippen LogP contribution is 2.49. The van der Waals surface area contributed by atoms with E-state index in [0.29, 0.717) is 51.4 Å². The molecule has 1 saturated carbocycles. The van der Waals surface area contributed by atoms with Gasteiger partial charge in [0.1, 0.15) is 43.2 Å². The molecule has 20 heteroatoms. The maximum Gasteiger partial charge on any atom is 0.472 e. The van der Waals surface area contributed by atoms with Gasteiger partial charge >= 0.3 is 27.6 Å². The number of unbranched alkanes of at least 4 members (excludes halogenated alkanes) is 11. The van der Waals surface area contributed by atoms with Crippen LogP contribution in [0.4, 0.5) is 0 Å². The molecular formula is C47H82O18P2. The largest absolute Gasteiger partial charge is 0.472 e. The van der Waals surface area contributed by atoms with Crippen LogP contribution in [-0.4, -0.2) is 125 Å². The topological polar surface area (TPSA) is 296 Å². The van der Waals surface area contributed by atoms with Crippen molar-refractivity contribution in [2.45, 2.75) is 210 Å². The minimum absolute atomic E-state index is 0.00756. The van der Waals surface area contributed by atoms with Crippen molar-refractivity contribution in [1.29, 1.82) is 0 Å². The van der Waals surface area contributed by atoms with Gasteiger partial charge in [-0.3, -0.25) is 23.2 Å². The average molecular weight is 997 g/mol. The molecule has 1 rings (SSSR count). The number of ether oxygens (including phenoxy) is 2. The lowest BCUT2D eigenvalue weighted by Gasteiger charge is -2.43. The molecule has 0 heterocycles. The molecule has 0 spiro atoms. The van der Waals surface area contributed by atoms with Crippen molar-refractivity contribution in [3.05, 3.63) is 60.8 Å². The van der Waals surface area contributed by atoms with Crippen LogP contribution >= 0.6 is 15.6 Å². The summed E-state index contributed by atoms with van der Waals surface area (Å²) in [7, 11) is -10.8. The molecule has 67 heavy (non-hydrogen) atoms. The molecule has 0 saturated heterocycles. The fraction of sp³-hybridized carbons (Fsp3) is 0.745. The van der Waals surface area contributed by atoms with Gasteiger partial charge in [0.05, 0.1) is 18.8 Å². The summed E-state index contributed by atoms with van der Waals surface area (Å²) in [6.07, 6.45) is 20.5. The minimum atomic E-state index is -5.39. The smallest absolute Gasteiger partial charge is 0.462 e. The van der Waals surface area contributed by atoms with Crippen molar-refractivity contribution >= 4 is 27.6 Å². The van der Waals surface area contributed by atoms with E-state index in [1.165, 1.54) is 19.3 Å². The van der Waals surface area contributed by atoms with Crippen LogP contribution in [0.15, 0.2) is 60.8 Å². The van der Waals surface area contributed by atoms with Crippen molar-refractivity contribution < 1.29 is 87.1 Å². The van der Waals surface area contributed by atoms with E-state index in [1.807, 2.05) is 30.4 Å². The molecule has 0 radical (unpaired) electrons. The number of allylic oxidation sites excluding steroid dienone is 9. The van der Waals surface area contributed by atoms with Gasteiger partial charge in [-0.25, -0.2) is 9.13 Å². The number of carbonyl (C=O) groups is 2. The number of aliphatic hydroxyl groups is 6. The molecule has 10 atom stereocenters. The number of hydrogen-bond donors (Lipinski definition) is 9. The van der Waals surface area contributed by atoms with Gasteiger partial charge in [0, 0.05) is 12.8 Å². The number of hydrogen-bond acceptors (Lipinski definition) is 15. The van der Waals surface area contributed by atoms with Crippen molar-refractivity contribution in [2.75, 3.05) is 13.2 Å². The Balaban J connectivity index is 2.68. The highest BCUT2D eigenvalue weighted by atomic mass is 31.2. The lowest BCUT2D eigenvalue weighted by Crippen LogP contribution is -2.64. The standard InChI is InChI=1S/C47H82O18P2/c1-3-5-7-9-11-12-13-14-15-16-17-18-19-20-21-25-30-34-41(51)63-37(36-62-67(59,60)65-47-44(54)42(52)43(53)46(45(47)55)64-66(56,57)58)35-61-40(50)33-29-26-22-24-28-32-39(49)38(48)31-27-23-10-8-6-4-2/h11-12,14-15,17-18,20-21,23,27,37-39,42-49,52-55H,3-10,13,16,19,22,24-26,28-36H2,1-2H3,(H,59,60)(H2,56,57,58)/b12-11-,15-14-,18-17-,21-20-,27-23-/t37-,38-,39-,42?,43?,44?,45?,46-,47+/m1/s1. The Morgan fingerprint density at radius 1 is 0.537 bits per heavy atom. The van der Waals surface area contributed by atoms with Gasteiger partial charge in [-0.2, -0.15) is 0 Å². The third kappa shape index (κ3) is 31.5. The SMILES string of the molecule is CCCCC/C=C\C/C=C\C/C=C\C/C=C\CCCC(=O)O[C@H](COC(=O)CCCCCCC[C@@H](O)[C@H](O)C/C=C\CCCCC)COP(=O)(O)O[C@H]1C(O)C(O)C(O)[C@@H](OP(=O)(O)O)C1O. The Bertz CT molecular complexity index is 1560. The minimum Gasteiger partial charge on any atom is -0.462 e. The van der Waals surface area contributed by atoms with Gasteiger partial charge in [0.25, 0.3) is 0 Å². The molecule has 0 aromatic heterocycles. The second-order valence-electron chi connectivity index (χ2n) is 16.8. The first-order valence-corrected chi connectivity index (χ1v) is 27.0. The Labute approximate surface area is 397 Å². The Kier molecular flexibility index (Phi) is 35.0. The third-order valence-corrected chi connectivity index (χ3v) is 12.3. The normalized spacial score (nSPS) is 22.9. The first-order valence-electron chi connectivity index (χ1n) is 24.0. The predicted molar refractivity (Wildman–Crippen MR) is 253 cm³/mol. The first kappa shape index (κ1) is 62.6. The number of carbonyl (C=O) groups excluding carboxylic acids is 2. The van der Waals surface area contributed by atoms with Gasteiger partial charge < -0.3 is 54.8 Å². The van der Waals surface area contributed by atoms with Crippen molar-refractivity contribution in [2.24, 2.45) is 0 Å². The summed E-state index contributed by atoms with van der Waals surface area (Å²) in [6.45, 7) is 2.84. The summed E-state index contributed by atoms with van der Waals surface area (Å²) in [5.74, 6) is -1.39. The van der Waals surface area contributed by atoms with Gasteiger partial charge in [0.15, 0.2) is 6.10 Å². The van der Waals surface area contributed by atoms with Gasteiger partial charge in [-0.05, 0) is 77.0 Å². The van der Waals surface area contributed by atoms with Crippen LogP contribution in [0.25, 0.3) is 0 Å². The molecule has 1 fully saturated rings. The second-order valence-corrected chi connectivity index (χ2v) is 19.4. The molecule has 0 aliphatic heterocycles. The summed E-state index contributed by atoms with van der Waals surface area (Å²) in [5.41, 5.74) is 0. The summed E-state index contributed by atoms with van der Waals surface area (Å²) < 4.78 is 49.2. The van der Waals surface area contributed by atoms with E-state index in [0.717, 1.165) is 57.8 Å². The molecule has 9 N–H and O–H groups in total. The predicted octanol–water partition coefficient (Wildman–Crippen LogP) is 7.00. The Morgan fingerprint density at radius 2 is 1.03 bits per heavy atom. The van der Waals surface area contributed by atoms with Crippen LogP contribution in [0.2, 0.25) is 0 Å². The van der Waals surface area contributed by atoms with E-state index >= 15 is 0 Å². The molecule has 0 aromatic carbocycles. The average Bonchev–Trinajstić information content (AvgIpc) is 3.28. The maximum atomic E-state index is 13.0. The maximum absolute atomic E-state index is 13.0. The Hall–Kier alpha value is -2.38. The van der Waals surface area contributed by atoms with E-state index in [2.05, 4.69) is 48.8 Å². The molecular weight excluding hydrogens is 914 g/mol. The zero-order chi connectivity index (χ0) is 49.9. The third-order valence-electron chi connectivity index (χ3n) is 10.8. The van der Waals surface area contributed by atoms with Crippen LogP contribution in [0, 0.1) is 0 Å². The van der Waals surface area contributed by atoms with Crippen LogP contribution in [0.3, 0.4) is 0 Å². The first-order chi connectivity index (χ1) is 31.9. The summed E-state index contributed by atoms with van der Waals surface area (Å²) in [5, 5.41) is 61.7. The summed E-state index contributed by atoms with van der Waals surface area (Å²) in [4.78, 5) is 54.3. The lowest BCUT2D eigenvalue weighted by molar-refractivity contribution is -0.216. The molecule has 1 aliphatic carbocycles. The van der Waals surface area contributed by atoms with Crippen LogP contribution < -0.4 is 0 Å². The number of phosphoric acid groups is 2. The monoisotopic (exact) mass is 996 g/mol. The van der Waals surface area contributed by atoms with Crippen molar-refractivity contribution in [3.63, 3.8) is 0 Å². The highest BCUT2D eigenvalue weighted by Gasteiger charge is 2.54. The molecule has 0 aromatic rings. The number of aliphatic hydroxyl groups excluding tert-OH is 6. The van der Waals surface area contributed by atoms with Crippen LogP contribution in [0.1, 0.15) is 155 Å². The van der Waals surface area contributed by atoms with E-state index < -0.39 is 95.7 Å². The fourth-order valence-corrected chi connectivity index (χ4v) is 8.40. The molecule has 0 bridgehead atoms. The van der Waals surface area contributed by atoms with E-state index in [-0.39, 0.29) is 12.8 Å². The summed E-state index contributed by atoms with van der Waals surface area (Å²) in [6, 6.07) is 0. The highest BCUT2D eigenvalue weighted by molar-refractivity contribution is 7.47. The fourth-order valence-electron chi connectivity index (χ4n) is 6.86. The zero-order valence-electron chi connectivity index (χ0n) is 39.5. The van der Waals surface area contributed by atoms with Gasteiger partial charge in [-0.1, -0.05) is 126 Å². The number of rotatable bonds is 39. The van der Waals surface area contributed by atoms with Gasteiger partial charge in [-0.15, -0.1) is 0 Å². The van der Waals surface area contributed by atoms with E-state index in [9.17, 15) is 64.0 Å². The van der Waals surface area contributed by atoms with Crippen molar-refractivity contribution in [3.8, 4) is 0 Å². The molecule has 388 valence electrons. The second kappa shape index (κ2) is 37.4. The molecule has 0 amide bonds. The Morgan fingerprint density at radius 3 is 1.60 bits per heavy atom. The van der Waals surface area contributed by atoms with Crippen molar-refractivity contribution in [1.82, 2.24) is 0 Å². The molecule has 18 nitrogen and oxygen atoms in total. The quantitative estimate of drug-likeness (QED) is 0.0130. The summed E-state index contributed by atoms with van der Waals surface area (Å²) >= 11 is 0. The lowest BCUT2D eigenvalue weighted by atomic mass is 9.85. The molecule has 1 aliphatic rings. The van der Waals surface area contributed by atoms with E-state index in [1.54, 1.807) is 0 Å². The number of esters is 2. The number of phosphoric ester groups is 2. The van der Waals surface area contributed by atoms with Crippen LogP contribution in [-0.2, 0) is 41.8 Å². The zero-order valence-corrected chi connectivity index (χ0v) is 41.3. The molecule has 5 unspecified atom stereocenters.